The van der Waals surface area contributed by atoms with Gasteiger partial charge in [0, 0.05) is 23.9 Å². The van der Waals surface area contributed by atoms with Crippen molar-refractivity contribution in [1.29, 1.82) is 0 Å². The standard InChI is InChI=1S/C11H16N4O2/c1-11(2)6-10(11)13-7-3-8(14-12)5-9(4-7)15(16)17/h3-5,10,13-14H,6,12H2,1-2H3. The van der Waals surface area contributed by atoms with Crippen LogP contribution in [0, 0.1) is 15.5 Å². The fourth-order valence-electron chi connectivity index (χ4n) is 1.80. The second-order valence-electron chi connectivity index (χ2n) is 5.06. The molecule has 1 saturated carbocycles. The summed E-state index contributed by atoms with van der Waals surface area (Å²) in [5.41, 5.74) is 3.98. The molecule has 6 nitrogen and oxygen atoms in total. The number of rotatable bonds is 4. The van der Waals surface area contributed by atoms with E-state index in [0.29, 0.717) is 11.7 Å². The van der Waals surface area contributed by atoms with Gasteiger partial charge in [0.1, 0.15) is 0 Å². The lowest BCUT2D eigenvalue weighted by Crippen LogP contribution is -2.11. The van der Waals surface area contributed by atoms with Crippen LogP contribution in [0.25, 0.3) is 0 Å². The molecule has 0 radical (unpaired) electrons. The maximum Gasteiger partial charge on any atom is 0.273 e. The van der Waals surface area contributed by atoms with E-state index in [9.17, 15) is 10.1 Å². The van der Waals surface area contributed by atoms with Crippen molar-refractivity contribution in [2.45, 2.75) is 26.3 Å². The van der Waals surface area contributed by atoms with E-state index in [1.807, 2.05) is 0 Å². The molecule has 0 saturated heterocycles. The van der Waals surface area contributed by atoms with Gasteiger partial charge in [-0.2, -0.15) is 0 Å². The highest BCUT2D eigenvalue weighted by Crippen LogP contribution is 2.46. The van der Waals surface area contributed by atoms with E-state index in [0.717, 1.165) is 12.1 Å². The molecule has 1 aromatic rings. The normalized spacial score (nSPS) is 20.8. The van der Waals surface area contributed by atoms with Crippen molar-refractivity contribution in [3.05, 3.63) is 28.3 Å². The molecule has 1 fully saturated rings. The minimum Gasteiger partial charge on any atom is -0.381 e. The molecular formula is C11H16N4O2. The predicted octanol–water partition coefficient (Wildman–Crippen LogP) is 2.09. The zero-order valence-electron chi connectivity index (χ0n) is 9.86. The van der Waals surface area contributed by atoms with E-state index < -0.39 is 4.92 Å². The second-order valence-corrected chi connectivity index (χ2v) is 5.06. The van der Waals surface area contributed by atoms with Crippen molar-refractivity contribution in [3.63, 3.8) is 0 Å². The number of nitro benzene ring substituents is 1. The molecule has 1 atom stereocenters. The molecule has 92 valence electrons. The van der Waals surface area contributed by atoms with Gasteiger partial charge in [-0.1, -0.05) is 13.8 Å². The van der Waals surface area contributed by atoms with Crippen LogP contribution in [0.4, 0.5) is 17.1 Å². The zero-order chi connectivity index (χ0) is 12.6. The van der Waals surface area contributed by atoms with Crippen LogP contribution >= 0.6 is 0 Å². The van der Waals surface area contributed by atoms with Crippen LogP contribution in [0.1, 0.15) is 20.3 Å². The molecule has 4 N–H and O–H groups in total. The number of benzene rings is 1. The first-order valence-corrected chi connectivity index (χ1v) is 5.45. The zero-order valence-corrected chi connectivity index (χ0v) is 9.86. The highest BCUT2D eigenvalue weighted by Gasteiger charge is 2.45. The summed E-state index contributed by atoms with van der Waals surface area (Å²) in [7, 11) is 0. The molecule has 0 amide bonds. The molecule has 1 aliphatic rings. The first kappa shape index (κ1) is 11.7. The lowest BCUT2D eigenvalue weighted by Gasteiger charge is -2.09. The summed E-state index contributed by atoms with van der Waals surface area (Å²) in [5.74, 6) is 5.29. The van der Waals surface area contributed by atoms with Crippen LogP contribution in [-0.4, -0.2) is 11.0 Å². The van der Waals surface area contributed by atoms with Crippen LogP contribution in [0.5, 0.6) is 0 Å². The summed E-state index contributed by atoms with van der Waals surface area (Å²) in [6.07, 6.45) is 1.07. The fourth-order valence-corrected chi connectivity index (χ4v) is 1.80. The SMILES string of the molecule is CC1(C)CC1Nc1cc(NN)cc([N+](=O)[O-])c1. The van der Waals surface area contributed by atoms with Gasteiger partial charge in [-0.3, -0.25) is 16.0 Å². The topological polar surface area (TPSA) is 93.2 Å². The summed E-state index contributed by atoms with van der Waals surface area (Å²) >= 11 is 0. The van der Waals surface area contributed by atoms with Gasteiger partial charge in [0.05, 0.1) is 10.6 Å². The molecule has 6 heteroatoms. The summed E-state index contributed by atoms with van der Waals surface area (Å²) in [4.78, 5) is 10.3. The number of anilines is 2. The van der Waals surface area contributed by atoms with E-state index in [1.165, 1.54) is 12.1 Å². The Morgan fingerprint density at radius 1 is 1.41 bits per heavy atom. The Morgan fingerprint density at radius 2 is 2.00 bits per heavy atom. The third kappa shape index (κ3) is 2.47. The Hall–Kier alpha value is -1.82. The van der Waals surface area contributed by atoms with Gasteiger partial charge in [0.25, 0.3) is 5.69 Å². The van der Waals surface area contributed by atoms with Crippen LogP contribution in [0.15, 0.2) is 18.2 Å². The van der Waals surface area contributed by atoms with Crippen LogP contribution in [0.3, 0.4) is 0 Å². The quantitative estimate of drug-likeness (QED) is 0.423. The number of nitrogens with zero attached hydrogens (tertiary/aromatic N) is 1. The summed E-state index contributed by atoms with van der Waals surface area (Å²) in [6.45, 7) is 4.31. The molecule has 2 rings (SSSR count). The summed E-state index contributed by atoms with van der Waals surface area (Å²) < 4.78 is 0. The fraction of sp³-hybridized carbons (Fsp3) is 0.455. The minimum atomic E-state index is -0.427. The van der Waals surface area contributed by atoms with E-state index in [2.05, 4.69) is 24.6 Å². The lowest BCUT2D eigenvalue weighted by molar-refractivity contribution is -0.384. The molecule has 1 aliphatic carbocycles. The number of non-ortho nitro benzene ring substituents is 1. The van der Waals surface area contributed by atoms with E-state index in [1.54, 1.807) is 6.07 Å². The van der Waals surface area contributed by atoms with Gasteiger partial charge in [-0.05, 0) is 17.9 Å². The Bertz CT molecular complexity index is 459. The van der Waals surface area contributed by atoms with E-state index in [4.69, 9.17) is 5.84 Å². The van der Waals surface area contributed by atoms with Gasteiger partial charge in [0.2, 0.25) is 0 Å². The Kier molecular flexibility index (Phi) is 2.66. The number of hydrogen-bond donors (Lipinski definition) is 3. The molecule has 0 bridgehead atoms. The second kappa shape index (κ2) is 3.89. The average molecular weight is 236 g/mol. The van der Waals surface area contributed by atoms with Crippen LogP contribution in [-0.2, 0) is 0 Å². The Balaban J connectivity index is 2.21. The number of hydrazine groups is 1. The van der Waals surface area contributed by atoms with Crippen LogP contribution in [0.2, 0.25) is 0 Å². The molecule has 0 heterocycles. The van der Waals surface area contributed by atoms with Crippen molar-refractivity contribution in [3.8, 4) is 0 Å². The molecule has 1 unspecified atom stereocenters. The largest absolute Gasteiger partial charge is 0.381 e. The van der Waals surface area contributed by atoms with Gasteiger partial charge >= 0.3 is 0 Å². The number of nitrogen functional groups attached to an aromatic ring is 1. The summed E-state index contributed by atoms with van der Waals surface area (Å²) in [5, 5.41) is 14.0. The maximum atomic E-state index is 10.8. The number of nitrogens with two attached hydrogens (primary N) is 1. The maximum absolute atomic E-state index is 10.8. The van der Waals surface area contributed by atoms with Crippen molar-refractivity contribution in [2.75, 3.05) is 10.7 Å². The first-order chi connectivity index (χ1) is 7.92. The van der Waals surface area contributed by atoms with Crippen molar-refractivity contribution in [1.82, 2.24) is 0 Å². The van der Waals surface area contributed by atoms with Crippen LogP contribution < -0.4 is 16.6 Å². The smallest absolute Gasteiger partial charge is 0.273 e. The third-order valence-corrected chi connectivity index (χ3v) is 3.15. The van der Waals surface area contributed by atoms with Gasteiger partial charge in [0.15, 0.2) is 0 Å². The lowest BCUT2D eigenvalue weighted by atomic mass is 10.2. The Morgan fingerprint density at radius 3 is 2.47 bits per heavy atom. The highest BCUT2D eigenvalue weighted by atomic mass is 16.6. The monoisotopic (exact) mass is 236 g/mol. The first-order valence-electron chi connectivity index (χ1n) is 5.45. The van der Waals surface area contributed by atoms with Gasteiger partial charge in [-0.15, -0.1) is 0 Å². The minimum absolute atomic E-state index is 0.0291. The van der Waals surface area contributed by atoms with Gasteiger partial charge < -0.3 is 10.7 Å². The third-order valence-electron chi connectivity index (χ3n) is 3.15. The Labute approximate surface area is 99.3 Å². The summed E-state index contributed by atoms with van der Waals surface area (Å²) in [6, 6.07) is 5.06. The molecule has 0 spiro atoms. The number of nitrogens with one attached hydrogen (secondary N) is 2. The predicted molar refractivity (Wildman–Crippen MR) is 66.7 cm³/mol. The molecule has 17 heavy (non-hydrogen) atoms. The van der Waals surface area contributed by atoms with Crippen molar-refractivity contribution in [2.24, 2.45) is 11.3 Å². The van der Waals surface area contributed by atoms with Crippen molar-refractivity contribution >= 4 is 17.1 Å². The molecule has 0 aromatic heterocycles. The molecular weight excluding hydrogens is 220 g/mol. The van der Waals surface area contributed by atoms with E-state index >= 15 is 0 Å². The average Bonchev–Trinajstić information content (AvgIpc) is 2.85. The van der Waals surface area contributed by atoms with E-state index in [-0.39, 0.29) is 11.1 Å². The number of nitro groups is 1. The highest BCUT2D eigenvalue weighted by molar-refractivity contribution is 5.63. The number of hydrogen-bond acceptors (Lipinski definition) is 5. The molecule has 0 aliphatic heterocycles. The van der Waals surface area contributed by atoms with Gasteiger partial charge in [-0.25, -0.2) is 0 Å². The molecule has 1 aromatic carbocycles. The van der Waals surface area contributed by atoms with Crippen molar-refractivity contribution < 1.29 is 4.92 Å².